The van der Waals surface area contributed by atoms with Gasteiger partial charge in [0.1, 0.15) is 5.70 Å². The second kappa shape index (κ2) is 5.23. The summed E-state index contributed by atoms with van der Waals surface area (Å²) in [4.78, 5) is 23.5. The molecule has 18 heavy (non-hydrogen) atoms. The zero-order valence-electron chi connectivity index (χ0n) is 9.87. The summed E-state index contributed by atoms with van der Waals surface area (Å²) in [6.45, 7) is 2.51. The molecule has 0 aliphatic carbocycles. The number of benzene rings is 1. The summed E-state index contributed by atoms with van der Waals surface area (Å²) in [6.07, 6.45) is 1.31. The number of hydrogen-bond donors (Lipinski definition) is 2. The van der Waals surface area contributed by atoms with Gasteiger partial charge in [-0.1, -0.05) is 11.6 Å². The van der Waals surface area contributed by atoms with E-state index in [0.29, 0.717) is 22.8 Å². The average molecular weight is 265 g/mol. The van der Waals surface area contributed by atoms with E-state index in [1.807, 2.05) is 6.92 Å². The van der Waals surface area contributed by atoms with Gasteiger partial charge in [-0.25, -0.2) is 0 Å². The maximum Gasteiger partial charge on any atom is 0.267 e. The van der Waals surface area contributed by atoms with Gasteiger partial charge in [-0.2, -0.15) is 0 Å². The molecule has 1 atom stereocenters. The lowest BCUT2D eigenvalue weighted by Gasteiger charge is -2.23. The summed E-state index contributed by atoms with van der Waals surface area (Å²) in [5.41, 5.74) is 0.799. The van der Waals surface area contributed by atoms with Crippen LogP contribution in [0.5, 0.6) is 0 Å². The molecule has 1 aliphatic heterocycles. The van der Waals surface area contributed by atoms with E-state index in [4.69, 9.17) is 11.6 Å². The second-order valence-electron chi connectivity index (χ2n) is 4.18. The molecule has 0 spiro atoms. The van der Waals surface area contributed by atoms with Crippen LogP contribution in [0.3, 0.4) is 0 Å². The van der Waals surface area contributed by atoms with E-state index in [-0.39, 0.29) is 17.7 Å². The van der Waals surface area contributed by atoms with Gasteiger partial charge in [0, 0.05) is 29.2 Å². The third-order valence-electron chi connectivity index (χ3n) is 2.62. The van der Waals surface area contributed by atoms with Crippen molar-refractivity contribution in [3.05, 3.63) is 46.6 Å². The third-order valence-corrected chi connectivity index (χ3v) is 2.88. The Hall–Kier alpha value is -1.81. The smallest absolute Gasteiger partial charge is 0.267 e. The highest BCUT2D eigenvalue weighted by Crippen LogP contribution is 2.11. The van der Waals surface area contributed by atoms with E-state index in [9.17, 15) is 9.59 Å². The van der Waals surface area contributed by atoms with Crippen molar-refractivity contribution in [2.75, 3.05) is 6.54 Å². The van der Waals surface area contributed by atoms with Crippen molar-refractivity contribution in [1.29, 1.82) is 0 Å². The predicted octanol–water partition coefficient (Wildman–Crippen LogP) is 1.51. The summed E-state index contributed by atoms with van der Waals surface area (Å²) in [6, 6.07) is 6.61. The summed E-state index contributed by atoms with van der Waals surface area (Å²) in [5.74, 6) is -0.477. The van der Waals surface area contributed by atoms with Gasteiger partial charge in [0.2, 0.25) is 0 Å². The molecule has 1 amide bonds. The first-order valence-electron chi connectivity index (χ1n) is 5.62. The number of nitrogens with one attached hydrogen (secondary N) is 2. The monoisotopic (exact) mass is 264 g/mol. The van der Waals surface area contributed by atoms with Crippen molar-refractivity contribution in [3.63, 3.8) is 0 Å². The summed E-state index contributed by atoms with van der Waals surface area (Å²) in [5, 5.41) is 6.26. The molecule has 0 radical (unpaired) electrons. The van der Waals surface area contributed by atoms with Crippen molar-refractivity contribution in [2.45, 2.75) is 13.0 Å². The first-order valence-corrected chi connectivity index (χ1v) is 6.00. The molecule has 2 N–H and O–H groups in total. The van der Waals surface area contributed by atoms with Crippen LogP contribution in [-0.4, -0.2) is 24.3 Å². The predicted molar refractivity (Wildman–Crippen MR) is 69.5 cm³/mol. The minimum atomic E-state index is -0.254. The Morgan fingerprint density at radius 3 is 2.67 bits per heavy atom. The minimum Gasteiger partial charge on any atom is -0.378 e. The zero-order chi connectivity index (χ0) is 13.1. The van der Waals surface area contributed by atoms with Gasteiger partial charge in [-0.15, -0.1) is 0 Å². The number of carbonyl (C=O) groups excluding carboxylic acids is 2. The SMILES string of the molecule is CC1CNC(=CC(=O)c2ccc(Cl)cc2)C(=O)N1. The largest absolute Gasteiger partial charge is 0.378 e. The topological polar surface area (TPSA) is 58.2 Å². The molecule has 4 nitrogen and oxygen atoms in total. The number of hydrogen-bond acceptors (Lipinski definition) is 3. The zero-order valence-corrected chi connectivity index (χ0v) is 10.6. The number of halogens is 1. The molecule has 0 bridgehead atoms. The van der Waals surface area contributed by atoms with Gasteiger partial charge in [0.05, 0.1) is 0 Å². The number of rotatable bonds is 2. The van der Waals surface area contributed by atoms with Crippen molar-refractivity contribution in [2.24, 2.45) is 0 Å². The minimum absolute atomic E-state index is 0.0697. The number of carbonyl (C=O) groups is 2. The third kappa shape index (κ3) is 2.90. The fourth-order valence-corrected chi connectivity index (χ4v) is 1.77. The van der Waals surface area contributed by atoms with Crippen LogP contribution in [0.1, 0.15) is 17.3 Å². The Morgan fingerprint density at radius 1 is 1.39 bits per heavy atom. The van der Waals surface area contributed by atoms with Crippen molar-refractivity contribution >= 4 is 23.3 Å². The number of ketones is 1. The van der Waals surface area contributed by atoms with Crippen molar-refractivity contribution < 1.29 is 9.59 Å². The van der Waals surface area contributed by atoms with E-state index >= 15 is 0 Å². The van der Waals surface area contributed by atoms with Crippen LogP contribution in [0.4, 0.5) is 0 Å². The van der Waals surface area contributed by atoms with Gasteiger partial charge in [-0.05, 0) is 31.2 Å². The Balaban J connectivity index is 2.15. The Labute approximate surface area is 110 Å². The molecule has 5 heteroatoms. The number of piperazine rings is 1. The Bertz CT molecular complexity index is 508. The molecule has 1 aromatic rings. The van der Waals surface area contributed by atoms with Crippen LogP contribution in [0.15, 0.2) is 36.0 Å². The molecule has 1 aliphatic rings. The van der Waals surface area contributed by atoms with Crippen LogP contribution in [0.2, 0.25) is 5.02 Å². The fourth-order valence-electron chi connectivity index (χ4n) is 1.64. The second-order valence-corrected chi connectivity index (χ2v) is 4.62. The standard InChI is InChI=1S/C13H13ClN2O2/c1-8-7-15-11(13(18)16-8)6-12(17)9-2-4-10(14)5-3-9/h2-6,8,15H,7H2,1H3,(H,16,18). The Kier molecular flexibility index (Phi) is 3.67. The highest BCUT2D eigenvalue weighted by atomic mass is 35.5. The lowest BCUT2D eigenvalue weighted by atomic mass is 10.1. The van der Waals surface area contributed by atoms with Crippen LogP contribution in [0, 0.1) is 0 Å². The first kappa shape index (κ1) is 12.6. The molecular formula is C13H13ClN2O2. The maximum atomic E-state index is 11.9. The lowest BCUT2D eigenvalue weighted by molar-refractivity contribution is -0.119. The molecule has 1 heterocycles. The van der Waals surface area contributed by atoms with E-state index in [0.717, 1.165) is 0 Å². The highest BCUT2D eigenvalue weighted by Gasteiger charge is 2.19. The van der Waals surface area contributed by atoms with E-state index in [1.54, 1.807) is 24.3 Å². The van der Waals surface area contributed by atoms with Gasteiger partial charge in [0.15, 0.2) is 5.78 Å². The van der Waals surface area contributed by atoms with Crippen LogP contribution in [0.25, 0.3) is 0 Å². The molecule has 1 fully saturated rings. The number of allylic oxidation sites excluding steroid dienone is 1. The summed E-state index contributed by atoms with van der Waals surface area (Å²) >= 11 is 5.74. The van der Waals surface area contributed by atoms with Gasteiger partial charge in [-0.3, -0.25) is 9.59 Å². The highest BCUT2D eigenvalue weighted by molar-refractivity contribution is 6.30. The molecule has 1 unspecified atom stereocenters. The average Bonchev–Trinajstić information content (AvgIpc) is 2.33. The molecule has 2 rings (SSSR count). The van der Waals surface area contributed by atoms with Gasteiger partial charge >= 0.3 is 0 Å². The molecule has 0 saturated carbocycles. The summed E-state index contributed by atoms with van der Waals surface area (Å²) in [7, 11) is 0. The Morgan fingerprint density at radius 2 is 2.06 bits per heavy atom. The quantitative estimate of drug-likeness (QED) is 0.629. The molecule has 1 saturated heterocycles. The van der Waals surface area contributed by atoms with Crippen LogP contribution < -0.4 is 10.6 Å². The molecule has 94 valence electrons. The van der Waals surface area contributed by atoms with E-state index in [2.05, 4.69) is 10.6 Å². The fraction of sp³-hybridized carbons (Fsp3) is 0.231. The lowest BCUT2D eigenvalue weighted by Crippen LogP contribution is -2.49. The van der Waals surface area contributed by atoms with E-state index < -0.39 is 0 Å². The van der Waals surface area contributed by atoms with Crippen LogP contribution >= 0.6 is 11.6 Å². The van der Waals surface area contributed by atoms with Gasteiger partial charge < -0.3 is 10.6 Å². The number of amides is 1. The van der Waals surface area contributed by atoms with E-state index in [1.165, 1.54) is 6.08 Å². The van der Waals surface area contributed by atoms with Crippen molar-refractivity contribution in [3.8, 4) is 0 Å². The van der Waals surface area contributed by atoms with Crippen molar-refractivity contribution in [1.82, 2.24) is 10.6 Å². The molecule has 1 aromatic carbocycles. The summed E-state index contributed by atoms with van der Waals surface area (Å²) < 4.78 is 0. The molecular weight excluding hydrogens is 252 g/mol. The van der Waals surface area contributed by atoms with Crippen LogP contribution in [-0.2, 0) is 4.79 Å². The molecule has 0 aromatic heterocycles. The normalized spacial score (nSPS) is 21.3. The maximum absolute atomic E-state index is 11.9. The van der Waals surface area contributed by atoms with Gasteiger partial charge in [0.25, 0.3) is 5.91 Å². The first-order chi connectivity index (χ1) is 8.56.